The Morgan fingerprint density at radius 1 is 1.58 bits per heavy atom. The molecule has 1 saturated heterocycles. The Hall–Kier alpha value is -0.870. The lowest BCUT2D eigenvalue weighted by Gasteiger charge is -2.18. The maximum atomic E-state index is 5.69. The summed E-state index contributed by atoms with van der Waals surface area (Å²) in [5.74, 6) is 0. The third kappa shape index (κ3) is 3.80. The largest absolute Gasteiger partial charge is 0.378 e. The number of hydrogen-bond donors (Lipinski definition) is 1. The summed E-state index contributed by atoms with van der Waals surface area (Å²) >= 11 is 0. The van der Waals surface area contributed by atoms with Gasteiger partial charge in [0.1, 0.15) is 0 Å². The number of nitrogens with one attached hydrogen (secondary N) is 1. The number of aromatic nitrogens is 2. The maximum Gasteiger partial charge on any atom is 0.0597 e. The van der Waals surface area contributed by atoms with Crippen LogP contribution in [0.15, 0.2) is 6.07 Å². The van der Waals surface area contributed by atoms with Gasteiger partial charge in [-0.2, -0.15) is 5.10 Å². The molecule has 0 amide bonds. The zero-order chi connectivity index (χ0) is 13.7. The third-order valence-corrected chi connectivity index (χ3v) is 3.98. The minimum Gasteiger partial charge on any atom is -0.378 e. The zero-order valence-electron chi connectivity index (χ0n) is 12.5. The van der Waals surface area contributed by atoms with Crippen LogP contribution in [0.25, 0.3) is 0 Å². The highest BCUT2D eigenvalue weighted by atomic mass is 16.5. The molecule has 0 radical (unpaired) electrons. The van der Waals surface area contributed by atoms with E-state index in [-0.39, 0.29) is 0 Å². The van der Waals surface area contributed by atoms with Gasteiger partial charge in [-0.15, -0.1) is 0 Å². The molecule has 1 fully saturated rings. The minimum atomic E-state index is 0.405. The van der Waals surface area contributed by atoms with Crippen molar-refractivity contribution in [2.24, 2.45) is 0 Å². The molecule has 1 aliphatic rings. The predicted octanol–water partition coefficient (Wildman–Crippen LogP) is 2.82. The number of ether oxygens (including phenoxy) is 1. The second kappa shape index (κ2) is 7.06. The van der Waals surface area contributed by atoms with Crippen molar-refractivity contribution in [3.05, 3.63) is 17.5 Å². The van der Waals surface area contributed by atoms with Crippen LogP contribution in [0.1, 0.15) is 56.5 Å². The molecule has 0 aliphatic carbocycles. The van der Waals surface area contributed by atoms with Gasteiger partial charge in [-0.1, -0.05) is 0 Å². The number of aryl methyl sites for hydroxylation is 2. The van der Waals surface area contributed by atoms with Crippen LogP contribution in [-0.4, -0.2) is 29.5 Å². The molecule has 0 bridgehead atoms. The van der Waals surface area contributed by atoms with Crippen LogP contribution in [0.5, 0.6) is 0 Å². The summed E-state index contributed by atoms with van der Waals surface area (Å²) in [4.78, 5) is 0. The minimum absolute atomic E-state index is 0.405. The number of rotatable bonds is 7. The van der Waals surface area contributed by atoms with E-state index >= 15 is 0 Å². The van der Waals surface area contributed by atoms with E-state index in [0.717, 1.165) is 25.3 Å². The molecule has 108 valence electrons. The quantitative estimate of drug-likeness (QED) is 0.824. The van der Waals surface area contributed by atoms with Crippen molar-refractivity contribution in [1.82, 2.24) is 15.1 Å². The Kier molecular flexibility index (Phi) is 5.40. The highest BCUT2D eigenvalue weighted by Gasteiger charge is 2.18. The van der Waals surface area contributed by atoms with E-state index in [9.17, 15) is 0 Å². The summed E-state index contributed by atoms with van der Waals surface area (Å²) in [6, 6.07) is 2.61. The van der Waals surface area contributed by atoms with Crippen LogP contribution in [0, 0.1) is 6.92 Å². The molecule has 0 spiro atoms. The monoisotopic (exact) mass is 265 g/mol. The van der Waals surface area contributed by atoms with Crippen LogP contribution in [-0.2, 0) is 11.3 Å². The molecular formula is C15H27N3O. The van der Waals surface area contributed by atoms with Gasteiger partial charge in [0.15, 0.2) is 0 Å². The summed E-state index contributed by atoms with van der Waals surface area (Å²) in [7, 11) is 2.04. The lowest BCUT2D eigenvalue weighted by atomic mass is 10.0. The summed E-state index contributed by atoms with van der Waals surface area (Å²) < 4.78 is 7.80. The maximum absolute atomic E-state index is 5.69. The molecule has 1 N–H and O–H groups in total. The topological polar surface area (TPSA) is 39.1 Å². The van der Waals surface area contributed by atoms with Crippen LogP contribution >= 0.6 is 0 Å². The average molecular weight is 265 g/mol. The fraction of sp³-hybridized carbons (Fsp3) is 0.800. The summed E-state index contributed by atoms with van der Waals surface area (Å²) in [6.45, 7) is 6.11. The standard InChI is InChI=1S/C15H27N3O/c1-4-18-15(11-12(2)17-18)14(16-3)9-5-7-13-8-6-10-19-13/h11,13-14,16H,4-10H2,1-3H3. The normalized spacial score (nSPS) is 20.9. The molecule has 1 aromatic rings. The second-order valence-corrected chi connectivity index (χ2v) is 5.43. The van der Waals surface area contributed by atoms with E-state index in [0.29, 0.717) is 12.1 Å². The highest BCUT2D eigenvalue weighted by Crippen LogP contribution is 2.23. The molecular weight excluding hydrogens is 238 g/mol. The zero-order valence-corrected chi connectivity index (χ0v) is 12.5. The van der Waals surface area contributed by atoms with Gasteiger partial charge < -0.3 is 10.1 Å². The first-order valence-electron chi connectivity index (χ1n) is 7.57. The Morgan fingerprint density at radius 2 is 2.42 bits per heavy atom. The molecule has 2 heterocycles. The van der Waals surface area contributed by atoms with E-state index in [1.165, 1.54) is 31.4 Å². The summed E-state index contributed by atoms with van der Waals surface area (Å²) in [5, 5.41) is 7.97. The van der Waals surface area contributed by atoms with Gasteiger partial charge in [0.05, 0.1) is 17.5 Å². The molecule has 4 heteroatoms. The fourth-order valence-corrected chi connectivity index (χ4v) is 2.96. The molecule has 0 aromatic carbocycles. The van der Waals surface area contributed by atoms with E-state index in [4.69, 9.17) is 4.74 Å². The first-order valence-corrected chi connectivity index (χ1v) is 7.57. The Balaban J connectivity index is 1.87. The first kappa shape index (κ1) is 14.5. The summed E-state index contributed by atoms with van der Waals surface area (Å²) in [5.41, 5.74) is 2.42. The van der Waals surface area contributed by atoms with E-state index in [1.807, 2.05) is 7.05 Å². The smallest absolute Gasteiger partial charge is 0.0597 e. The van der Waals surface area contributed by atoms with Crippen molar-refractivity contribution in [3.8, 4) is 0 Å². The van der Waals surface area contributed by atoms with Gasteiger partial charge >= 0.3 is 0 Å². The van der Waals surface area contributed by atoms with Crippen LogP contribution in [0.3, 0.4) is 0 Å². The third-order valence-electron chi connectivity index (χ3n) is 3.98. The van der Waals surface area contributed by atoms with Crippen LogP contribution < -0.4 is 5.32 Å². The lowest BCUT2D eigenvalue weighted by Crippen LogP contribution is -2.20. The van der Waals surface area contributed by atoms with Crippen molar-refractivity contribution in [1.29, 1.82) is 0 Å². The van der Waals surface area contributed by atoms with Crippen molar-refractivity contribution < 1.29 is 4.74 Å². The van der Waals surface area contributed by atoms with Crippen molar-refractivity contribution in [2.45, 2.75) is 64.6 Å². The van der Waals surface area contributed by atoms with Gasteiger partial charge in [0, 0.05) is 19.2 Å². The molecule has 4 nitrogen and oxygen atoms in total. The Morgan fingerprint density at radius 3 is 3.05 bits per heavy atom. The number of nitrogens with zero attached hydrogens (tertiary/aromatic N) is 2. The van der Waals surface area contributed by atoms with Gasteiger partial charge in [0.2, 0.25) is 0 Å². The first-order chi connectivity index (χ1) is 9.24. The fourth-order valence-electron chi connectivity index (χ4n) is 2.96. The molecule has 19 heavy (non-hydrogen) atoms. The predicted molar refractivity (Wildman–Crippen MR) is 77.3 cm³/mol. The average Bonchev–Trinajstić information content (AvgIpc) is 3.04. The van der Waals surface area contributed by atoms with Gasteiger partial charge in [-0.25, -0.2) is 0 Å². The summed E-state index contributed by atoms with van der Waals surface area (Å²) in [6.07, 6.45) is 6.55. The van der Waals surface area contributed by atoms with E-state index in [2.05, 4.69) is 35.0 Å². The molecule has 0 saturated carbocycles. The molecule has 2 rings (SSSR count). The van der Waals surface area contributed by atoms with Crippen molar-refractivity contribution >= 4 is 0 Å². The van der Waals surface area contributed by atoms with Gasteiger partial charge in [-0.3, -0.25) is 4.68 Å². The Bertz CT molecular complexity index is 383. The molecule has 2 unspecified atom stereocenters. The van der Waals surface area contributed by atoms with Crippen molar-refractivity contribution in [2.75, 3.05) is 13.7 Å². The highest BCUT2D eigenvalue weighted by molar-refractivity contribution is 5.13. The lowest BCUT2D eigenvalue weighted by molar-refractivity contribution is 0.101. The van der Waals surface area contributed by atoms with Gasteiger partial charge in [-0.05, 0) is 59.1 Å². The number of hydrogen-bond acceptors (Lipinski definition) is 3. The van der Waals surface area contributed by atoms with E-state index < -0.39 is 0 Å². The Labute approximate surface area is 116 Å². The molecule has 2 atom stereocenters. The van der Waals surface area contributed by atoms with Crippen LogP contribution in [0.2, 0.25) is 0 Å². The van der Waals surface area contributed by atoms with Gasteiger partial charge in [0.25, 0.3) is 0 Å². The van der Waals surface area contributed by atoms with Crippen molar-refractivity contribution in [3.63, 3.8) is 0 Å². The second-order valence-electron chi connectivity index (χ2n) is 5.43. The van der Waals surface area contributed by atoms with Crippen LogP contribution in [0.4, 0.5) is 0 Å². The molecule has 1 aliphatic heterocycles. The molecule has 1 aromatic heterocycles. The van der Waals surface area contributed by atoms with E-state index in [1.54, 1.807) is 0 Å². The SMILES string of the molecule is CCn1nc(C)cc1C(CCCC1CCCO1)NC.